The SMILES string of the molecule is Cn1cc(CC(N)C(F)(F)F)c(C(F)F)n1. The number of hydrogen-bond acceptors (Lipinski definition) is 2. The van der Waals surface area contributed by atoms with E-state index in [4.69, 9.17) is 5.73 Å². The lowest BCUT2D eigenvalue weighted by atomic mass is 10.1. The summed E-state index contributed by atoms with van der Waals surface area (Å²) in [6.07, 6.45) is -7.09. The van der Waals surface area contributed by atoms with E-state index in [-0.39, 0.29) is 5.56 Å². The molecular weight excluding hydrogens is 233 g/mol. The van der Waals surface area contributed by atoms with Gasteiger partial charge in [0.05, 0.1) is 0 Å². The van der Waals surface area contributed by atoms with Crippen molar-refractivity contribution in [3.63, 3.8) is 0 Å². The molecule has 0 radical (unpaired) electrons. The molecule has 0 saturated carbocycles. The highest BCUT2D eigenvalue weighted by Crippen LogP contribution is 2.26. The van der Waals surface area contributed by atoms with Gasteiger partial charge in [0, 0.05) is 18.8 Å². The third-order valence-corrected chi connectivity index (χ3v) is 2.00. The quantitative estimate of drug-likeness (QED) is 0.822. The van der Waals surface area contributed by atoms with E-state index in [0.29, 0.717) is 0 Å². The van der Waals surface area contributed by atoms with Crippen molar-refractivity contribution < 1.29 is 22.0 Å². The van der Waals surface area contributed by atoms with Crippen molar-refractivity contribution >= 4 is 0 Å². The summed E-state index contributed by atoms with van der Waals surface area (Å²) in [4.78, 5) is 0. The Labute approximate surface area is 88.0 Å². The maximum atomic E-state index is 12.4. The molecule has 1 rings (SSSR count). The number of alkyl halides is 5. The molecule has 1 aromatic rings. The third kappa shape index (κ3) is 2.91. The van der Waals surface area contributed by atoms with Crippen LogP contribution in [0, 0.1) is 0 Å². The van der Waals surface area contributed by atoms with E-state index in [1.807, 2.05) is 0 Å². The van der Waals surface area contributed by atoms with Gasteiger partial charge in [0.15, 0.2) is 0 Å². The Balaban J connectivity index is 2.89. The fraction of sp³-hybridized carbons (Fsp3) is 0.625. The van der Waals surface area contributed by atoms with Crippen LogP contribution in [0.4, 0.5) is 22.0 Å². The summed E-state index contributed by atoms with van der Waals surface area (Å²) in [6, 6.07) is -2.16. The maximum absolute atomic E-state index is 12.4. The van der Waals surface area contributed by atoms with E-state index in [2.05, 4.69) is 5.10 Å². The zero-order chi connectivity index (χ0) is 12.5. The van der Waals surface area contributed by atoms with Gasteiger partial charge in [0.2, 0.25) is 0 Å². The van der Waals surface area contributed by atoms with Crippen molar-refractivity contribution in [2.45, 2.75) is 25.1 Å². The fourth-order valence-electron chi connectivity index (χ4n) is 1.25. The van der Waals surface area contributed by atoms with E-state index in [1.165, 1.54) is 7.05 Å². The molecule has 0 aliphatic heterocycles. The van der Waals surface area contributed by atoms with Crippen molar-refractivity contribution in [1.29, 1.82) is 0 Å². The monoisotopic (exact) mass is 243 g/mol. The van der Waals surface area contributed by atoms with Crippen LogP contribution in [0.3, 0.4) is 0 Å². The highest BCUT2D eigenvalue weighted by atomic mass is 19.4. The predicted molar refractivity (Wildman–Crippen MR) is 45.9 cm³/mol. The number of hydrogen-bond donors (Lipinski definition) is 1. The summed E-state index contributed by atoms with van der Waals surface area (Å²) in [5.41, 5.74) is 4.02. The van der Waals surface area contributed by atoms with Crippen molar-refractivity contribution in [3.05, 3.63) is 17.5 Å². The van der Waals surface area contributed by atoms with Crippen LogP contribution in [0.5, 0.6) is 0 Å². The largest absolute Gasteiger partial charge is 0.403 e. The predicted octanol–water partition coefficient (Wildman–Crippen LogP) is 1.79. The second-order valence-electron chi connectivity index (χ2n) is 3.37. The average Bonchev–Trinajstić information content (AvgIpc) is 2.45. The smallest absolute Gasteiger partial charge is 0.320 e. The zero-order valence-electron chi connectivity index (χ0n) is 8.30. The minimum Gasteiger partial charge on any atom is -0.320 e. The molecule has 0 aliphatic rings. The van der Waals surface area contributed by atoms with Crippen LogP contribution in [0.2, 0.25) is 0 Å². The molecule has 0 aromatic carbocycles. The van der Waals surface area contributed by atoms with Crippen LogP contribution in [0.15, 0.2) is 6.20 Å². The highest BCUT2D eigenvalue weighted by molar-refractivity contribution is 5.19. The maximum Gasteiger partial charge on any atom is 0.403 e. The van der Waals surface area contributed by atoms with Crippen LogP contribution in [0.25, 0.3) is 0 Å². The molecule has 0 fully saturated rings. The van der Waals surface area contributed by atoms with E-state index < -0.39 is 30.8 Å². The number of nitrogens with two attached hydrogens (primary N) is 1. The van der Waals surface area contributed by atoms with Crippen molar-refractivity contribution in [3.8, 4) is 0 Å². The van der Waals surface area contributed by atoms with Gasteiger partial charge in [-0.05, 0) is 6.42 Å². The molecule has 1 unspecified atom stereocenters. The fourth-order valence-corrected chi connectivity index (χ4v) is 1.25. The Hall–Kier alpha value is -1.18. The molecule has 16 heavy (non-hydrogen) atoms. The molecule has 1 atom stereocenters. The van der Waals surface area contributed by atoms with Crippen LogP contribution in [0.1, 0.15) is 17.7 Å². The first-order chi connectivity index (χ1) is 7.21. The molecular formula is C8H10F5N3. The molecule has 8 heteroatoms. The van der Waals surface area contributed by atoms with Crippen LogP contribution in [-0.4, -0.2) is 22.0 Å². The van der Waals surface area contributed by atoms with E-state index in [9.17, 15) is 22.0 Å². The Bertz CT molecular complexity index is 357. The molecule has 0 bridgehead atoms. The van der Waals surface area contributed by atoms with Gasteiger partial charge in [-0.3, -0.25) is 4.68 Å². The molecule has 1 heterocycles. The molecule has 0 saturated heterocycles. The second-order valence-corrected chi connectivity index (χ2v) is 3.37. The normalized spacial score (nSPS) is 14.5. The van der Waals surface area contributed by atoms with Crippen molar-refractivity contribution in [2.24, 2.45) is 12.8 Å². The van der Waals surface area contributed by atoms with E-state index in [1.54, 1.807) is 0 Å². The molecule has 3 nitrogen and oxygen atoms in total. The van der Waals surface area contributed by atoms with E-state index in [0.717, 1.165) is 10.9 Å². The molecule has 2 N–H and O–H groups in total. The third-order valence-electron chi connectivity index (χ3n) is 2.00. The first kappa shape index (κ1) is 12.9. The summed E-state index contributed by atoms with van der Waals surface area (Å²) in [6.45, 7) is 0. The summed E-state index contributed by atoms with van der Waals surface area (Å²) in [5, 5.41) is 3.39. The summed E-state index contributed by atoms with van der Waals surface area (Å²) in [5.74, 6) is 0. The van der Waals surface area contributed by atoms with Gasteiger partial charge in [-0.15, -0.1) is 0 Å². The topological polar surface area (TPSA) is 43.8 Å². The number of nitrogens with zero attached hydrogens (tertiary/aromatic N) is 2. The molecule has 0 spiro atoms. The molecule has 0 amide bonds. The molecule has 92 valence electrons. The first-order valence-electron chi connectivity index (χ1n) is 4.34. The molecule has 1 aromatic heterocycles. The Morgan fingerprint density at radius 2 is 2.00 bits per heavy atom. The number of aryl methyl sites for hydroxylation is 1. The molecule has 0 aliphatic carbocycles. The standard InChI is InChI=1S/C8H10F5N3/c1-16-3-4(6(15-16)7(9)10)2-5(14)8(11,12)13/h3,5,7H,2,14H2,1H3. The van der Waals surface area contributed by atoms with Crippen molar-refractivity contribution in [1.82, 2.24) is 9.78 Å². The minimum atomic E-state index is -4.60. The van der Waals surface area contributed by atoms with Gasteiger partial charge in [0.1, 0.15) is 11.7 Å². The van der Waals surface area contributed by atoms with Crippen LogP contribution < -0.4 is 5.73 Å². The second kappa shape index (κ2) is 4.36. The van der Waals surface area contributed by atoms with Gasteiger partial charge >= 0.3 is 6.18 Å². The summed E-state index contributed by atoms with van der Waals surface area (Å²) < 4.78 is 62.2. The zero-order valence-corrected chi connectivity index (χ0v) is 8.30. The summed E-state index contributed by atoms with van der Waals surface area (Å²) in [7, 11) is 1.36. The van der Waals surface area contributed by atoms with Gasteiger partial charge < -0.3 is 5.73 Å². The highest BCUT2D eigenvalue weighted by Gasteiger charge is 2.37. The lowest BCUT2D eigenvalue weighted by Gasteiger charge is -2.14. The minimum absolute atomic E-state index is 0.178. The van der Waals surface area contributed by atoms with Gasteiger partial charge in [-0.1, -0.05) is 0 Å². The van der Waals surface area contributed by atoms with E-state index >= 15 is 0 Å². The van der Waals surface area contributed by atoms with Crippen molar-refractivity contribution in [2.75, 3.05) is 0 Å². The Morgan fingerprint density at radius 1 is 1.44 bits per heavy atom. The van der Waals surface area contributed by atoms with Gasteiger partial charge in [0.25, 0.3) is 6.43 Å². The average molecular weight is 243 g/mol. The lowest BCUT2D eigenvalue weighted by Crippen LogP contribution is -2.39. The first-order valence-corrected chi connectivity index (χ1v) is 4.34. The lowest BCUT2D eigenvalue weighted by molar-refractivity contribution is -0.147. The van der Waals surface area contributed by atoms with Gasteiger partial charge in [-0.25, -0.2) is 8.78 Å². The van der Waals surface area contributed by atoms with Gasteiger partial charge in [-0.2, -0.15) is 18.3 Å². The summed E-state index contributed by atoms with van der Waals surface area (Å²) >= 11 is 0. The Kier molecular flexibility index (Phi) is 3.51. The van der Waals surface area contributed by atoms with Crippen LogP contribution >= 0.6 is 0 Å². The number of rotatable bonds is 3. The number of halogens is 5. The Morgan fingerprint density at radius 3 is 2.44 bits per heavy atom. The number of aromatic nitrogens is 2. The van der Waals surface area contributed by atoms with Crippen LogP contribution in [-0.2, 0) is 13.5 Å².